The number of unbranched alkanes of at least 4 members (excludes halogenated alkanes) is 2. The van der Waals surface area contributed by atoms with E-state index in [0.29, 0.717) is 31.9 Å². The maximum Gasteiger partial charge on any atom is 0.308 e. The first kappa shape index (κ1) is 31.0. The fraction of sp³-hybridized carbons (Fsp3) is 0.656. The second-order valence-corrected chi connectivity index (χ2v) is 12.8. The van der Waals surface area contributed by atoms with Gasteiger partial charge in [0.15, 0.2) is 5.89 Å². The molecule has 1 aromatic carbocycles. The number of fused-ring (bicyclic) bond motifs is 1. The zero-order chi connectivity index (χ0) is 29.6. The molecule has 0 bridgehead atoms. The van der Waals surface area contributed by atoms with Gasteiger partial charge in [-0.1, -0.05) is 25.5 Å². The Morgan fingerprint density at radius 2 is 1.95 bits per heavy atom. The molecule has 3 heterocycles. The lowest BCUT2D eigenvalue weighted by Gasteiger charge is -2.30. The molecule has 226 valence electrons. The molecule has 0 radical (unpaired) electrons. The van der Waals surface area contributed by atoms with Crippen molar-refractivity contribution in [2.45, 2.75) is 70.8 Å². The molecule has 2 aliphatic rings. The van der Waals surface area contributed by atoms with Crippen LogP contribution in [0.25, 0.3) is 0 Å². The first-order valence-electron chi connectivity index (χ1n) is 15.3. The number of hydrogen-bond donors (Lipinski definition) is 1. The summed E-state index contributed by atoms with van der Waals surface area (Å²) in [6, 6.07) is 5.79. The summed E-state index contributed by atoms with van der Waals surface area (Å²) < 4.78 is 12.3. The van der Waals surface area contributed by atoms with Crippen LogP contribution in [0.2, 0.25) is 0 Å². The van der Waals surface area contributed by atoms with Gasteiger partial charge in [0.25, 0.3) is 0 Å². The van der Waals surface area contributed by atoms with Gasteiger partial charge < -0.3 is 23.6 Å². The lowest BCUT2D eigenvalue weighted by molar-refractivity contribution is -0.870. The van der Waals surface area contributed by atoms with E-state index in [2.05, 4.69) is 44.0 Å². The number of benzene rings is 1. The van der Waals surface area contributed by atoms with Crippen molar-refractivity contribution in [2.75, 3.05) is 60.5 Å². The van der Waals surface area contributed by atoms with Crippen molar-refractivity contribution in [1.82, 2.24) is 14.8 Å². The number of rotatable bonds is 15. The van der Waals surface area contributed by atoms with E-state index in [1.165, 1.54) is 0 Å². The van der Waals surface area contributed by atoms with Crippen molar-refractivity contribution in [3.63, 3.8) is 0 Å². The average Bonchev–Trinajstić information content (AvgIpc) is 3.64. The molecule has 9 nitrogen and oxygen atoms in total. The van der Waals surface area contributed by atoms with Gasteiger partial charge in [-0.3, -0.25) is 14.5 Å². The maximum atomic E-state index is 13.8. The third-order valence-corrected chi connectivity index (χ3v) is 8.48. The van der Waals surface area contributed by atoms with Gasteiger partial charge in [0.05, 0.1) is 53.0 Å². The number of likely N-dealkylation sites (tertiary alicyclic amines) is 1. The van der Waals surface area contributed by atoms with Gasteiger partial charge in [-0.05, 0) is 49.8 Å². The predicted molar refractivity (Wildman–Crippen MR) is 158 cm³/mol. The SMILES string of the molecule is CCCCN(CCCC[N+](C)(C)C)C(=O)CN1C[C@H](c2ccc3c(c2)CCO3)C(C(=O)O)[C@@H]1CCc1ncc(C)o1. The number of carbonyl (C=O) groups is 2. The number of carboxylic acids is 1. The van der Waals surface area contributed by atoms with Crippen LogP contribution in [0.15, 0.2) is 28.8 Å². The Kier molecular flexibility index (Phi) is 10.5. The van der Waals surface area contributed by atoms with E-state index in [0.717, 1.165) is 78.9 Å². The van der Waals surface area contributed by atoms with Crippen molar-refractivity contribution in [3.8, 4) is 5.75 Å². The molecule has 1 N–H and O–H groups in total. The number of nitrogens with zero attached hydrogens (tertiary/aromatic N) is 4. The summed E-state index contributed by atoms with van der Waals surface area (Å²) >= 11 is 0. The van der Waals surface area contributed by atoms with Crippen molar-refractivity contribution < 1.29 is 28.3 Å². The largest absolute Gasteiger partial charge is 0.493 e. The Balaban J connectivity index is 1.53. The van der Waals surface area contributed by atoms with Crippen LogP contribution in [0.3, 0.4) is 0 Å². The third kappa shape index (κ3) is 8.32. The number of aliphatic carboxylic acids is 1. The summed E-state index contributed by atoms with van der Waals surface area (Å²) in [5.41, 5.74) is 2.14. The summed E-state index contributed by atoms with van der Waals surface area (Å²) in [6.07, 6.45) is 7.64. The maximum absolute atomic E-state index is 13.8. The Morgan fingerprint density at radius 3 is 2.63 bits per heavy atom. The smallest absolute Gasteiger partial charge is 0.308 e. The van der Waals surface area contributed by atoms with Gasteiger partial charge in [0, 0.05) is 44.4 Å². The van der Waals surface area contributed by atoms with Crippen LogP contribution in [-0.4, -0.2) is 103 Å². The van der Waals surface area contributed by atoms with E-state index in [4.69, 9.17) is 9.15 Å². The predicted octanol–water partition coefficient (Wildman–Crippen LogP) is 4.13. The summed E-state index contributed by atoms with van der Waals surface area (Å²) in [4.78, 5) is 35.1. The van der Waals surface area contributed by atoms with Gasteiger partial charge in [-0.2, -0.15) is 0 Å². The standard InChI is InChI=1S/C32H48N4O5/c1-6-7-15-34(16-8-9-17-36(3,4)5)30(37)22-35-21-26(24-10-12-28-25(19-24)14-18-40-28)31(32(38)39)27(35)11-13-29-33-20-23(2)41-29/h10,12,19-20,26-27,31H,6-9,11,13-18,21-22H2,1-5H3/p+1/t26-,27+,31?/m1/s1. The Hall–Kier alpha value is -2.91. The van der Waals surface area contributed by atoms with E-state index < -0.39 is 11.9 Å². The van der Waals surface area contributed by atoms with Crippen molar-refractivity contribution in [1.29, 1.82) is 0 Å². The molecular weight excluding hydrogens is 520 g/mol. The highest BCUT2D eigenvalue weighted by Gasteiger charge is 2.47. The molecule has 0 spiro atoms. The van der Waals surface area contributed by atoms with E-state index in [1.54, 1.807) is 6.20 Å². The summed E-state index contributed by atoms with van der Waals surface area (Å²) in [6.45, 7) is 7.96. The van der Waals surface area contributed by atoms with Crippen LogP contribution in [0.4, 0.5) is 0 Å². The van der Waals surface area contributed by atoms with Crippen LogP contribution in [-0.2, 0) is 22.4 Å². The van der Waals surface area contributed by atoms with Gasteiger partial charge in [0.2, 0.25) is 5.91 Å². The van der Waals surface area contributed by atoms with Crippen molar-refractivity contribution in [3.05, 3.63) is 47.2 Å². The van der Waals surface area contributed by atoms with E-state index in [1.807, 2.05) is 24.0 Å². The molecule has 9 heteroatoms. The Labute approximate surface area is 245 Å². The number of aromatic nitrogens is 1. The zero-order valence-electron chi connectivity index (χ0n) is 25.6. The molecule has 1 fully saturated rings. The first-order valence-corrected chi connectivity index (χ1v) is 15.3. The van der Waals surface area contributed by atoms with Crippen LogP contribution in [0.1, 0.15) is 67.7 Å². The summed E-state index contributed by atoms with van der Waals surface area (Å²) in [5.74, 6) is 0.662. The highest BCUT2D eigenvalue weighted by atomic mass is 16.5. The van der Waals surface area contributed by atoms with Crippen LogP contribution in [0, 0.1) is 12.8 Å². The highest BCUT2D eigenvalue weighted by Crippen LogP contribution is 2.41. The fourth-order valence-electron chi connectivity index (χ4n) is 6.29. The Bertz CT molecular complexity index is 1170. The number of oxazole rings is 1. The molecule has 1 unspecified atom stereocenters. The van der Waals surface area contributed by atoms with Gasteiger partial charge in [0.1, 0.15) is 11.5 Å². The third-order valence-electron chi connectivity index (χ3n) is 8.48. The minimum Gasteiger partial charge on any atom is -0.493 e. The number of aryl methyl sites for hydroxylation is 2. The number of quaternary nitrogens is 1. The van der Waals surface area contributed by atoms with Gasteiger partial charge in [-0.25, -0.2) is 4.98 Å². The average molecular weight is 570 g/mol. The molecule has 2 aliphatic heterocycles. The van der Waals surface area contributed by atoms with Crippen molar-refractivity contribution >= 4 is 11.9 Å². The molecule has 3 atom stereocenters. The number of carbonyl (C=O) groups excluding carboxylic acids is 1. The van der Waals surface area contributed by atoms with Crippen LogP contribution < -0.4 is 4.74 Å². The molecule has 2 aromatic rings. The zero-order valence-corrected chi connectivity index (χ0v) is 25.6. The van der Waals surface area contributed by atoms with Crippen molar-refractivity contribution in [2.24, 2.45) is 5.92 Å². The molecule has 1 aromatic heterocycles. The number of carboxylic acid groups (broad SMARTS) is 1. The van der Waals surface area contributed by atoms with Crippen LogP contribution >= 0.6 is 0 Å². The van der Waals surface area contributed by atoms with Gasteiger partial charge >= 0.3 is 5.97 Å². The summed E-state index contributed by atoms with van der Waals surface area (Å²) in [5, 5.41) is 10.5. The molecular formula is C32H49N4O5+. The number of amides is 1. The quantitative estimate of drug-likeness (QED) is 0.254. The fourth-order valence-corrected chi connectivity index (χ4v) is 6.29. The second-order valence-electron chi connectivity index (χ2n) is 12.8. The molecule has 1 amide bonds. The monoisotopic (exact) mass is 569 g/mol. The summed E-state index contributed by atoms with van der Waals surface area (Å²) in [7, 11) is 6.57. The number of hydrogen-bond acceptors (Lipinski definition) is 6. The van der Waals surface area contributed by atoms with E-state index >= 15 is 0 Å². The van der Waals surface area contributed by atoms with E-state index in [-0.39, 0.29) is 24.4 Å². The van der Waals surface area contributed by atoms with Gasteiger partial charge in [-0.15, -0.1) is 0 Å². The molecule has 0 aliphatic carbocycles. The first-order chi connectivity index (χ1) is 19.6. The minimum absolute atomic E-state index is 0.0906. The molecule has 0 saturated carbocycles. The van der Waals surface area contributed by atoms with Crippen LogP contribution in [0.5, 0.6) is 5.75 Å². The molecule has 41 heavy (non-hydrogen) atoms. The minimum atomic E-state index is -0.821. The topological polar surface area (TPSA) is 96.1 Å². The molecule has 1 saturated heterocycles. The van der Waals surface area contributed by atoms with E-state index in [9.17, 15) is 14.7 Å². The second kappa shape index (κ2) is 13.8. The molecule has 4 rings (SSSR count). The highest BCUT2D eigenvalue weighted by molar-refractivity contribution is 5.79. The number of ether oxygens (including phenoxy) is 1. The lowest BCUT2D eigenvalue weighted by atomic mass is 9.83. The Morgan fingerprint density at radius 1 is 1.17 bits per heavy atom. The normalized spacial score (nSPS) is 20.7. The lowest BCUT2D eigenvalue weighted by Crippen LogP contribution is -2.45.